The van der Waals surface area contributed by atoms with E-state index in [4.69, 9.17) is 14.6 Å². The number of aliphatic carboxylic acids is 1. The van der Waals surface area contributed by atoms with Gasteiger partial charge in [-0.05, 0) is 12.8 Å². The molecular formula is C17H30O7. The van der Waals surface area contributed by atoms with E-state index in [-0.39, 0.29) is 13.2 Å². The molecule has 0 amide bonds. The highest BCUT2D eigenvalue weighted by Gasteiger charge is 2.41. The summed E-state index contributed by atoms with van der Waals surface area (Å²) >= 11 is 0. The summed E-state index contributed by atoms with van der Waals surface area (Å²) in [7, 11) is 0. The molecule has 7 nitrogen and oxygen atoms in total. The summed E-state index contributed by atoms with van der Waals surface area (Å²) < 4.78 is 9.80. The molecule has 1 unspecified atom stereocenters. The van der Waals surface area contributed by atoms with E-state index in [1.54, 1.807) is 0 Å². The predicted octanol–water partition coefficient (Wildman–Crippen LogP) is 2.44. The van der Waals surface area contributed by atoms with Crippen molar-refractivity contribution in [1.29, 1.82) is 0 Å². The van der Waals surface area contributed by atoms with Crippen LogP contribution in [0.3, 0.4) is 0 Å². The number of carbonyl (C=O) groups excluding carboxylic acids is 2. The number of ether oxygens (including phenoxy) is 2. The molecule has 24 heavy (non-hydrogen) atoms. The zero-order valence-corrected chi connectivity index (χ0v) is 14.7. The second-order valence-electron chi connectivity index (χ2n) is 5.90. The van der Waals surface area contributed by atoms with E-state index in [0.29, 0.717) is 12.8 Å². The van der Waals surface area contributed by atoms with Gasteiger partial charge in [-0.3, -0.25) is 9.59 Å². The van der Waals surface area contributed by atoms with Crippen LogP contribution >= 0.6 is 0 Å². The minimum atomic E-state index is -2.50. The standard InChI is InChI=1S/C17H30O7/c1-3-5-7-9-11-24-15(19)13-17(22,16(20)21)12-14(18)23-10-8-6-4-2/h22H,3-13H2,1-2H3,(H,20,21). The van der Waals surface area contributed by atoms with Gasteiger partial charge in [-0.15, -0.1) is 0 Å². The van der Waals surface area contributed by atoms with Gasteiger partial charge in [0, 0.05) is 0 Å². The first-order chi connectivity index (χ1) is 11.4. The van der Waals surface area contributed by atoms with Crippen LogP contribution in [0.5, 0.6) is 0 Å². The fourth-order valence-electron chi connectivity index (χ4n) is 2.05. The molecule has 0 heterocycles. The maximum atomic E-state index is 11.7. The van der Waals surface area contributed by atoms with Gasteiger partial charge in [0.2, 0.25) is 0 Å². The van der Waals surface area contributed by atoms with Gasteiger partial charge in [0.15, 0.2) is 5.60 Å². The molecule has 0 spiro atoms. The molecule has 0 radical (unpaired) electrons. The summed E-state index contributed by atoms with van der Waals surface area (Å²) in [5, 5.41) is 19.2. The molecule has 0 saturated carbocycles. The largest absolute Gasteiger partial charge is 0.479 e. The average Bonchev–Trinajstić information content (AvgIpc) is 2.51. The van der Waals surface area contributed by atoms with Crippen LogP contribution in [0.25, 0.3) is 0 Å². The van der Waals surface area contributed by atoms with E-state index in [2.05, 4.69) is 6.92 Å². The highest BCUT2D eigenvalue weighted by molar-refractivity contribution is 5.88. The number of carboxylic acid groups (broad SMARTS) is 1. The summed E-state index contributed by atoms with van der Waals surface area (Å²) in [5.74, 6) is -3.32. The number of unbranched alkanes of at least 4 members (excludes halogenated alkanes) is 5. The molecule has 0 bridgehead atoms. The van der Waals surface area contributed by atoms with Crippen molar-refractivity contribution in [3.63, 3.8) is 0 Å². The summed E-state index contributed by atoms with van der Waals surface area (Å²) in [4.78, 5) is 34.5. The number of rotatable bonds is 14. The number of aliphatic hydroxyl groups is 1. The maximum Gasteiger partial charge on any atom is 0.336 e. The predicted molar refractivity (Wildman–Crippen MR) is 87.4 cm³/mol. The van der Waals surface area contributed by atoms with Crippen molar-refractivity contribution in [2.24, 2.45) is 0 Å². The van der Waals surface area contributed by atoms with Gasteiger partial charge in [0.05, 0.1) is 26.1 Å². The van der Waals surface area contributed by atoms with E-state index >= 15 is 0 Å². The lowest BCUT2D eigenvalue weighted by Gasteiger charge is -2.21. The van der Waals surface area contributed by atoms with Gasteiger partial charge in [0.25, 0.3) is 0 Å². The third-order valence-corrected chi connectivity index (χ3v) is 3.54. The van der Waals surface area contributed by atoms with Crippen molar-refractivity contribution in [3.8, 4) is 0 Å². The molecule has 0 aromatic heterocycles. The van der Waals surface area contributed by atoms with E-state index < -0.39 is 36.4 Å². The number of esters is 2. The minimum Gasteiger partial charge on any atom is -0.479 e. The van der Waals surface area contributed by atoms with E-state index in [0.717, 1.165) is 32.1 Å². The van der Waals surface area contributed by atoms with Crippen molar-refractivity contribution in [1.82, 2.24) is 0 Å². The minimum absolute atomic E-state index is 0.171. The smallest absolute Gasteiger partial charge is 0.336 e. The van der Waals surface area contributed by atoms with Gasteiger partial charge >= 0.3 is 17.9 Å². The van der Waals surface area contributed by atoms with Crippen LogP contribution in [0, 0.1) is 0 Å². The Morgan fingerprint density at radius 3 is 1.62 bits per heavy atom. The number of hydrogen-bond donors (Lipinski definition) is 2. The molecule has 0 aliphatic heterocycles. The Hall–Kier alpha value is -1.63. The van der Waals surface area contributed by atoms with Crippen LogP contribution < -0.4 is 0 Å². The van der Waals surface area contributed by atoms with Crippen molar-refractivity contribution in [2.45, 2.75) is 77.2 Å². The molecule has 0 aliphatic carbocycles. The number of carbonyl (C=O) groups is 3. The molecule has 0 aliphatic rings. The van der Waals surface area contributed by atoms with Crippen LogP contribution in [0.2, 0.25) is 0 Å². The Labute approximate surface area is 143 Å². The number of hydrogen-bond acceptors (Lipinski definition) is 6. The maximum absolute atomic E-state index is 11.7. The van der Waals surface area contributed by atoms with Crippen molar-refractivity contribution in [3.05, 3.63) is 0 Å². The van der Waals surface area contributed by atoms with Gasteiger partial charge in [-0.1, -0.05) is 46.0 Å². The Morgan fingerprint density at radius 2 is 1.21 bits per heavy atom. The SMILES string of the molecule is CCCCCCOC(=O)CC(O)(CC(=O)OCCCCC)C(=O)O. The molecule has 0 rings (SSSR count). The van der Waals surface area contributed by atoms with Crippen molar-refractivity contribution in [2.75, 3.05) is 13.2 Å². The molecule has 0 aromatic carbocycles. The third kappa shape index (κ3) is 10.2. The summed E-state index contributed by atoms with van der Waals surface area (Å²) in [6.45, 7) is 4.40. The summed E-state index contributed by atoms with van der Waals surface area (Å²) in [6, 6.07) is 0. The lowest BCUT2D eigenvalue weighted by atomic mass is 9.96. The Kier molecular flexibility index (Phi) is 11.9. The lowest BCUT2D eigenvalue weighted by molar-refractivity contribution is -0.173. The van der Waals surface area contributed by atoms with Gasteiger partial charge < -0.3 is 19.7 Å². The van der Waals surface area contributed by atoms with Gasteiger partial charge in [-0.25, -0.2) is 4.79 Å². The summed E-state index contributed by atoms with van der Waals surface area (Å²) in [5.41, 5.74) is -2.50. The van der Waals surface area contributed by atoms with Crippen LogP contribution in [0.15, 0.2) is 0 Å². The lowest BCUT2D eigenvalue weighted by Crippen LogP contribution is -2.43. The van der Waals surface area contributed by atoms with E-state index in [1.165, 1.54) is 0 Å². The second-order valence-corrected chi connectivity index (χ2v) is 5.90. The highest BCUT2D eigenvalue weighted by Crippen LogP contribution is 2.18. The Bertz CT molecular complexity index is 394. The average molecular weight is 346 g/mol. The molecule has 7 heteroatoms. The van der Waals surface area contributed by atoms with Crippen LogP contribution in [-0.4, -0.2) is 46.9 Å². The van der Waals surface area contributed by atoms with Crippen LogP contribution in [0.4, 0.5) is 0 Å². The monoisotopic (exact) mass is 346 g/mol. The fourth-order valence-corrected chi connectivity index (χ4v) is 2.05. The normalized spacial score (nSPS) is 13.1. The van der Waals surface area contributed by atoms with E-state index in [9.17, 15) is 19.5 Å². The first-order valence-electron chi connectivity index (χ1n) is 8.62. The van der Waals surface area contributed by atoms with Crippen molar-refractivity contribution >= 4 is 17.9 Å². The molecule has 1 atom stereocenters. The Balaban J connectivity index is 4.30. The second kappa shape index (κ2) is 12.8. The van der Waals surface area contributed by atoms with Crippen molar-refractivity contribution < 1.29 is 34.1 Å². The topological polar surface area (TPSA) is 110 Å². The molecular weight excluding hydrogens is 316 g/mol. The summed E-state index contributed by atoms with van der Waals surface area (Å²) in [6.07, 6.45) is 4.64. The molecule has 140 valence electrons. The van der Waals surface area contributed by atoms with Gasteiger partial charge in [-0.2, -0.15) is 0 Å². The molecule has 0 aromatic rings. The molecule has 0 saturated heterocycles. The number of carboxylic acids is 1. The first-order valence-corrected chi connectivity index (χ1v) is 8.62. The first kappa shape index (κ1) is 22.4. The molecule has 0 fully saturated rings. The zero-order chi connectivity index (χ0) is 18.4. The zero-order valence-electron chi connectivity index (χ0n) is 14.7. The third-order valence-electron chi connectivity index (χ3n) is 3.54. The fraction of sp³-hybridized carbons (Fsp3) is 0.824. The Morgan fingerprint density at radius 1 is 0.792 bits per heavy atom. The van der Waals surface area contributed by atoms with Gasteiger partial charge in [0.1, 0.15) is 0 Å². The molecule has 2 N–H and O–H groups in total. The quantitative estimate of drug-likeness (QED) is 0.367. The van der Waals surface area contributed by atoms with Crippen LogP contribution in [-0.2, 0) is 23.9 Å². The van der Waals surface area contributed by atoms with E-state index in [1.807, 2.05) is 6.92 Å². The highest BCUT2D eigenvalue weighted by atomic mass is 16.5. The van der Waals surface area contributed by atoms with Crippen LogP contribution in [0.1, 0.15) is 71.6 Å².